The summed E-state index contributed by atoms with van der Waals surface area (Å²) in [6.07, 6.45) is 1.18. The van der Waals surface area contributed by atoms with Gasteiger partial charge in [0.15, 0.2) is 21.8 Å². The SMILES string of the molecule is O=C(Nc1ncnc(Cl)c1Cl)c1ccc(Cl)nn1. The Morgan fingerprint density at radius 3 is 2.56 bits per heavy atom. The fourth-order valence-corrected chi connectivity index (χ4v) is 1.42. The van der Waals surface area contributed by atoms with Crippen LogP contribution in [0.5, 0.6) is 0 Å². The number of carbonyl (C=O) groups is 1. The molecule has 9 heteroatoms. The molecule has 0 unspecified atom stereocenters. The van der Waals surface area contributed by atoms with Crippen molar-refractivity contribution in [1.82, 2.24) is 20.2 Å². The normalized spacial score (nSPS) is 10.2. The maximum atomic E-state index is 11.8. The van der Waals surface area contributed by atoms with Gasteiger partial charge in [0.2, 0.25) is 0 Å². The van der Waals surface area contributed by atoms with Crippen molar-refractivity contribution < 1.29 is 4.79 Å². The first-order chi connectivity index (χ1) is 8.58. The summed E-state index contributed by atoms with van der Waals surface area (Å²) in [7, 11) is 0. The molecule has 6 nitrogen and oxygen atoms in total. The molecular weight excluding hydrogens is 300 g/mol. The van der Waals surface area contributed by atoms with Crippen LogP contribution in [0.15, 0.2) is 18.5 Å². The molecule has 0 fully saturated rings. The Hall–Kier alpha value is -1.50. The second kappa shape index (κ2) is 5.43. The second-order valence-corrected chi connectivity index (χ2v) is 4.15. The van der Waals surface area contributed by atoms with Crippen molar-refractivity contribution in [2.45, 2.75) is 0 Å². The standard InChI is InChI=1S/C9H4Cl3N5O/c10-5-2-1-4(16-17-5)9(18)15-8-6(11)7(12)13-3-14-8/h1-3H,(H,13,14,15,18). The minimum Gasteiger partial charge on any atom is -0.304 e. The summed E-state index contributed by atoms with van der Waals surface area (Å²) in [5.74, 6) is -0.436. The highest BCUT2D eigenvalue weighted by Gasteiger charge is 2.13. The van der Waals surface area contributed by atoms with E-state index >= 15 is 0 Å². The molecule has 0 aliphatic carbocycles. The Labute approximate surface area is 116 Å². The van der Waals surface area contributed by atoms with E-state index in [-0.39, 0.29) is 26.8 Å². The van der Waals surface area contributed by atoms with Gasteiger partial charge in [-0.05, 0) is 12.1 Å². The molecule has 0 aromatic carbocycles. The summed E-state index contributed by atoms with van der Waals surface area (Å²) in [5, 5.41) is 9.88. The molecule has 0 radical (unpaired) electrons. The summed E-state index contributed by atoms with van der Waals surface area (Å²) in [4.78, 5) is 19.2. The number of amides is 1. The van der Waals surface area contributed by atoms with E-state index in [0.717, 1.165) is 0 Å². The molecule has 0 aliphatic rings. The van der Waals surface area contributed by atoms with E-state index in [9.17, 15) is 4.79 Å². The number of hydrogen-bond acceptors (Lipinski definition) is 5. The highest BCUT2D eigenvalue weighted by Crippen LogP contribution is 2.25. The third-order valence-electron chi connectivity index (χ3n) is 1.84. The van der Waals surface area contributed by atoms with Crippen LogP contribution in [0.3, 0.4) is 0 Å². The maximum Gasteiger partial charge on any atom is 0.277 e. The van der Waals surface area contributed by atoms with Crippen molar-refractivity contribution in [2.75, 3.05) is 5.32 Å². The summed E-state index contributed by atoms with van der Waals surface area (Å²) in [5.41, 5.74) is 0.0743. The van der Waals surface area contributed by atoms with Crippen LogP contribution >= 0.6 is 34.8 Å². The molecular formula is C9H4Cl3N5O. The van der Waals surface area contributed by atoms with Gasteiger partial charge < -0.3 is 5.32 Å². The van der Waals surface area contributed by atoms with Gasteiger partial charge in [-0.1, -0.05) is 34.8 Å². The number of carbonyl (C=O) groups excluding carboxylic acids is 1. The van der Waals surface area contributed by atoms with Gasteiger partial charge in [-0.15, -0.1) is 10.2 Å². The van der Waals surface area contributed by atoms with Crippen molar-refractivity contribution in [2.24, 2.45) is 0 Å². The minimum atomic E-state index is -0.532. The van der Waals surface area contributed by atoms with E-state index in [0.29, 0.717) is 0 Å². The van der Waals surface area contributed by atoms with Crippen LogP contribution in [0, 0.1) is 0 Å². The fraction of sp³-hybridized carbons (Fsp3) is 0. The highest BCUT2D eigenvalue weighted by molar-refractivity contribution is 6.43. The maximum absolute atomic E-state index is 11.8. The fourth-order valence-electron chi connectivity index (χ4n) is 1.04. The number of rotatable bonds is 2. The first kappa shape index (κ1) is 12.9. The van der Waals surface area contributed by atoms with Crippen LogP contribution in [0.25, 0.3) is 0 Å². The Bertz CT molecular complexity index is 589. The molecule has 2 aromatic rings. The van der Waals surface area contributed by atoms with Gasteiger partial charge in [-0.25, -0.2) is 9.97 Å². The molecule has 0 atom stereocenters. The first-order valence-electron chi connectivity index (χ1n) is 4.54. The van der Waals surface area contributed by atoms with Crippen LogP contribution in [-0.2, 0) is 0 Å². The Morgan fingerprint density at radius 1 is 1.11 bits per heavy atom. The van der Waals surface area contributed by atoms with E-state index in [4.69, 9.17) is 34.8 Å². The number of nitrogens with one attached hydrogen (secondary N) is 1. The zero-order valence-corrected chi connectivity index (χ0v) is 10.8. The van der Waals surface area contributed by atoms with E-state index in [1.165, 1.54) is 18.5 Å². The Morgan fingerprint density at radius 2 is 1.89 bits per heavy atom. The number of anilines is 1. The van der Waals surface area contributed by atoms with Crippen LogP contribution in [0.4, 0.5) is 5.82 Å². The van der Waals surface area contributed by atoms with Gasteiger partial charge >= 0.3 is 0 Å². The molecule has 2 aromatic heterocycles. The Balaban J connectivity index is 2.21. The number of hydrogen-bond donors (Lipinski definition) is 1. The van der Waals surface area contributed by atoms with Crippen molar-refractivity contribution in [3.8, 4) is 0 Å². The minimum absolute atomic E-state index is 0.0455. The van der Waals surface area contributed by atoms with Crippen molar-refractivity contribution in [3.05, 3.63) is 39.5 Å². The van der Waals surface area contributed by atoms with Crippen molar-refractivity contribution in [1.29, 1.82) is 0 Å². The van der Waals surface area contributed by atoms with Gasteiger partial charge in [-0.2, -0.15) is 0 Å². The van der Waals surface area contributed by atoms with Gasteiger partial charge in [0.05, 0.1) is 0 Å². The summed E-state index contributed by atoms with van der Waals surface area (Å²) < 4.78 is 0. The number of nitrogens with zero attached hydrogens (tertiary/aromatic N) is 4. The van der Waals surface area contributed by atoms with Crippen molar-refractivity contribution >= 4 is 46.5 Å². The zero-order chi connectivity index (χ0) is 13.1. The topological polar surface area (TPSA) is 80.7 Å². The molecule has 0 saturated carbocycles. The molecule has 1 amide bonds. The van der Waals surface area contributed by atoms with Crippen LogP contribution in [0.2, 0.25) is 15.3 Å². The number of halogens is 3. The van der Waals surface area contributed by atoms with Crippen LogP contribution < -0.4 is 5.32 Å². The van der Waals surface area contributed by atoms with E-state index in [1.807, 2.05) is 0 Å². The molecule has 2 heterocycles. The molecule has 0 bridgehead atoms. The molecule has 0 aliphatic heterocycles. The molecule has 18 heavy (non-hydrogen) atoms. The zero-order valence-electron chi connectivity index (χ0n) is 8.56. The first-order valence-corrected chi connectivity index (χ1v) is 5.68. The monoisotopic (exact) mass is 303 g/mol. The lowest BCUT2D eigenvalue weighted by Gasteiger charge is -2.05. The smallest absolute Gasteiger partial charge is 0.277 e. The lowest BCUT2D eigenvalue weighted by molar-refractivity contribution is 0.102. The summed E-state index contributed by atoms with van der Waals surface area (Å²) in [6, 6.07) is 2.86. The van der Waals surface area contributed by atoms with E-state index < -0.39 is 5.91 Å². The average molecular weight is 305 g/mol. The largest absolute Gasteiger partial charge is 0.304 e. The lowest BCUT2D eigenvalue weighted by atomic mass is 10.3. The lowest BCUT2D eigenvalue weighted by Crippen LogP contribution is -2.15. The predicted molar refractivity (Wildman–Crippen MR) is 67.0 cm³/mol. The van der Waals surface area contributed by atoms with Gasteiger partial charge in [-0.3, -0.25) is 4.79 Å². The highest BCUT2D eigenvalue weighted by atomic mass is 35.5. The van der Waals surface area contributed by atoms with Crippen LogP contribution in [-0.4, -0.2) is 26.1 Å². The second-order valence-electron chi connectivity index (χ2n) is 3.02. The van der Waals surface area contributed by atoms with Gasteiger partial charge in [0.1, 0.15) is 11.3 Å². The molecule has 1 N–H and O–H groups in total. The third kappa shape index (κ3) is 2.84. The quantitative estimate of drug-likeness (QED) is 0.862. The molecule has 0 spiro atoms. The van der Waals surface area contributed by atoms with E-state index in [1.54, 1.807) is 0 Å². The van der Waals surface area contributed by atoms with Gasteiger partial charge in [0, 0.05) is 0 Å². The Kier molecular flexibility index (Phi) is 3.90. The molecule has 92 valence electrons. The van der Waals surface area contributed by atoms with Crippen LogP contribution in [0.1, 0.15) is 10.5 Å². The average Bonchev–Trinajstić information content (AvgIpc) is 2.36. The predicted octanol–water partition coefficient (Wildman–Crippen LogP) is 2.48. The van der Waals surface area contributed by atoms with E-state index in [2.05, 4.69) is 25.5 Å². The summed E-state index contributed by atoms with van der Waals surface area (Å²) in [6.45, 7) is 0. The molecule has 0 saturated heterocycles. The van der Waals surface area contributed by atoms with Gasteiger partial charge in [0.25, 0.3) is 5.91 Å². The summed E-state index contributed by atoms with van der Waals surface area (Å²) >= 11 is 17.1. The third-order valence-corrected chi connectivity index (χ3v) is 2.79. The van der Waals surface area contributed by atoms with Crippen molar-refractivity contribution in [3.63, 3.8) is 0 Å². The number of aromatic nitrogens is 4. The molecule has 2 rings (SSSR count).